The predicted molar refractivity (Wildman–Crippen MR) is 61.2 cm³/mol. The highest BCUT2D eigenvalue weighted by molar-refractivity contribution is 5.85. The summed E-state index contributed by atoms with van der Waals surface area (Å²) >= 11 is 0. The van der Waals surface area contributed by atoms with Crippen molar-refractivity contribution in [1.82, 2.24) is 19.7 Å². The third-order valence-corrected chi connectivity index (χ3v) is 2.63. The van der Waals surface area contributed by atoms with E-state index in [1.165, 1.54) is 0 Å². The van der Waals surface area contributed by atoms with Gasteiger partial charge in [-0.05, 0) is 6.92 Å². The van der Waals surface area contributed by atoms with E-state index in [1.807, 2.05) is 11.8 Å². The van der Waals surface area contributed by atoms with Crippen molar-refractivity contribution in [3.63, 3.8) is 0 Å². The number of halogens is 4. The number of fused-ring (bicyclic) bond motifs is 1. The normalized spacial score (nSPS) is 18.1. The van der Waals surface area contributed by atoms with E-state index in [4.69, 9.17) is 5.73 Å². The van der Waals surface area contributed by atoms with Gasteiger partial charge in [-0.15, -0.1) is 22.6 Å². The fourth-order valence-corrected chi connectivity index (χ4v) is 1.98. The summed E-state index contributed by atoms with van der Waals surface area (Å²) in [5, 5.41) is 6.80. The quantitative estimate of drug-likeness (QED) is 0.876. The fourth-order valence-electron chi connectivity index (χ4n) is 1.98. The van der Waals surface area contributed by atoms with Gasteiger partial charge in [0.15, 0.2) is 0 Å². The largest absolute Gasteiger partial charge is 0.451 e. The van der Waals surface area contributed by atoms with E-state index in [1.54, 1.807) is 0 Å². The lowest BCUT2D eigenvalue weighted by Gasteiger charge is -2.28. The molecular formula is C9H15ClF3N5. The van der Waals surface area contributed by atoms with Crippen LogP contribution in [-0.2, 0) is 19.3 Å². The molecule has 0 spiro atoms. The Labute approximate surface area is 109 Å². The molecule has 104 valence electrons. The number of hydrogen-bond acceptors (Lipinski definition) is 4. The molecule has 0 aromatic carbocycles. The summed E-state index contributed by atoms with van der Waals surface area (Å²) in [4.78, 5) is 1.98. The number of hydrogen-bond donors (Lipinski definition) is 1. The van der Waals surface area contributed by atoms with Gasteiger partial charge < -0.3 is 10.3 Å². The van der Waals surface area contributed by atoms with E-state index in [2.05, 4.69) is 10.2 Å². The van der Waals surface area contributed by atoms with Crippen molar-refractivity contribution in [2.24, 2.45) is 5.73 Å². The van der Waals surface area contributed by atoms with Gasteiger partial charge in [0.2, 0.25) is 5.82 Å². The molecule has 0 amide bonds. The summed E-state index contributed by atoms with van der Waals surface area (Å²) in [5.41, 5.74) is 5.65. The van der Waals surface area contributed by atoms with Gasteiger partial charge in [-0.25, -0.2) is 0 Å². The molecule has 0 saturated heterocycles. The third-order valence-electron chi connectivity index (χ3n) is 2.63. The van der Waals surface area contributed by atoms with Crippen LogP contribution in [0.2, 0.25) is 0 Å². The van der Waals surface area contributed by atoms with E-state index < -0.39 is 12.0 Å². The Morgan fingerprint density at radius 2 is 2.00 bits per heavy atom. The fraction of sp³-hybridized carbons (Fsp3) is 0.778. The zero-order chi connectivity index (χ0) is 12.6. The number of rotatable bonds is 2. The van der Waals surface area contributed by atoms with E-state index in [9.17, 15) is 13.2 Å². The highest BCUT2D eigenvalue weighted by Gasteiger charge is 2.39. The van der Waals surface area contributed by atoms with Crippen molar-refractivity contribution in [1.29, 1.82) is 0 Å². The van der Waals surface area contributed by atoms with Crippen LogP contribution in [0.5, 0.6) is 0 Å². The van der Waals surface area contributed by atoms with E-state index >= 15 is 0 Å². The van der Waals surface area contributed by atoms with Crippen LogP contribution in [-0.4, -0.2) is 38.8 Å². The van der Waals surface area contributed by atoms with Gasteiger partial charge in [-0.2, -0.15) is 13.2 Å². The van der Waals surface area contributed by atoms with E-state index in [0.717, 1.165) is 4.57 Å². The van der Waals surface area contributed by atoms with Gasteiger partial charge in [-0.1, -0.05) is 0 Å². The van der Waals surface area contributed by atoms with Crippen molar-refractivity contribution in [2.45, 2.75) is 32.2 Å². The molecule has 5 nitrogen and oxygen atoms in total. The molecule has 1 atom stereocenters. The molecule has 1 aliphatic rings. The van der Waals surface area contributed by atoms with Crippen LogP contribution in [0.1, 0.15) is 18.6 Å². The average molecular weight is 286 g/mol. The summed E-state index contributed by atoms with van der Waals surface area (Å²) < 4.78 is 38.8. The van der Waals surface area contributed by atoms with Crippen molar-refractivity contribution < 1.29 is 13.2 Å². The Morgan fingerprint density at radius 1 is 1.33 bits per heavy atom. The summed E-state index contributed by atoms with van der Waals surface area (Å²) in [5.74, 6) is -0.558. The maximum Gasteiger partial charge on any atom is 0.451 e. The minimum atomic E-state index is -4.44. The molecule has 0 saturated carbocycles. The minimum Gasteiger partial charge on any atom is -0.327 e. The Bertz CT molecular complexity index is 403. The molecule has 1 aromatic heterocycles. The van der Waals surface area contributed by atoms with Gasteiger partial charge in [0.05, 0.1) is 6.54 Å². The molecule has 0 aliphatic carbocycles. The Kier molecular flexibility index (Phi) is 4.57. The number of nitrogens with zero attached hydrogens (tertiary/aromatic N) is 4. The van der Waals surface area contributed by atoms with Crippen LogP contribution in [0, 0.1) is 0 Å². The maximum atomic E-state index is 12.6. The first kappa shape index (κ1) is 15.2. The molecule has 2 heterocycles. The van der Waals surface area contributed by atoms with Crippen LogP contribution in [0.4, 0.5) is 13.2 Å². The topological polar surface area (TPSA) is 60.0 Å². The first-order valence-electron chi connectivity index (χ1n) is 5.35. The van der Waals surface area contributed by atoms with Gasteiger partial charge in [0.25, 0.3) is 0 Å². The lowest BCUT2D eigenvalue weighted by Crippen LogP contribution is -2.41. The molecule has 1 unspecified atom stereocenters. The Hall–Kier alpha value is -0.860. The van der Waals surface area contributed by atoms with Crippen LogP contribution < -0.4 is 5.73 Å². The monoisotopic (exact) mass is 285 g/mol. The first-order valence-corrected chi connectivity index (χ1v) is 5.35. The summed E-state index contributed by atoms with van der Waals surface area (Å²) in [7, 11) is 0. The summed E-state index contributed by atoms with van der Waals surface area (Å²) in [6.45, 7) is 3.67. The molecule has 2 N–H and O–H groups in total. The third kappa shape index (κ3) is 3.12. The minimum absolute atomic E-state index is 0. The van der Waals surface area contributed by atoms with E-state index in [-0.39, 0.29) is 25.0 Å². The molecule has 0 radical (unpaired) electrons. The second-order valence-corrected chi connectivity index (χ2v) is 4.30. The molecular weight excluding hydrogens is 271 g/mol. The second kappa shape index (κ2) is 5.41. The maximum absolute atomic E-state index is 12.6. The molecule has 9 heteroatoms. The zero-order valence-corrected chi connectivity index (χ0v) is 10.6. The molecule has 0 bridgehead atoms. The van der Waals surface area contributed by atoms with Crippen molar-refractivity contribution in [3.05, 3.63) is 11.6 Å². The highest BCUT2D eigenvalue weighted by atomic mass is 35.5. The Balaban J connectivity index is 0.00000162. The van der Waals surface area contributed by atoms with E-state index in [0.29, 0.717) is 25.5 Å². The van der Waals surface area contributed by atoms with Crippen molar-refractivity contribution >= 4 is 12.4 Å². The number of nitrogens with two attached hydrogens (primary N) is 1. The lowest BCUT2D eigenvalue weighted by atomic mass is 10.3. The van der Waals surface area contributed by atoms with Crippen LogP contribution >= 0.6 is 12.4 Å². The van der Waals surface area contributed by atoms with Crippen molar-refractivity contribution in [3.8, 4) is 0 Å². The summed E-state index contributed by atoms with van der Waals surface area (Å²) in [6.07, 6.45) is -4.44. The molecule has 1 aliphatic heterocycles. The molecule has 18 heavy (non-hydrogen) atoms. The molecule has 2 rings (SSSR count). The van der Waals surface area contributed by atoms with Gasteiger partial charge in [-0.3, -0.25) is 4.90 Å². The second-order valence-electron chi connectivity index (χ2n) is 4.30. The van der Waals surface area contributed by atoms with Crippen LogP contribution in [0.25, 0.3) is 0 Å². The lowest BCUT2D eigenvalue weighted by molar-refractivity contribution is -0.148. The standard InChI is InChI=1S/C9H14F3N5.ClH/c1-6(13)4-16-2-3-17-7(5-16)14-15-8(17)9(10,11)12;/h6H,2-5,13H2,1H3;1H. The highest BCUT2D eigenvalue weighted by Crippen LogP contribution is 2.29. The number of alkyl halides is 3. The summed E-state index contributed by atoms with van der Waals surface area (Å²) in [6, 6.07) is -0.00782. The zero-order valence-electron chi connectivity index (χ0n) is 9.81. The van der Waals surface area contributed by atoms with Crippen LogP contribution in [0.15, 0.2) is 0 Å². The smallest absolute Gasteiger partial charge is 0.327 e. The first-order chi connectivity index (χ1) is 7.88. The predicted octanol–water partition coefficient (Wildman–Crippen LogP) is 0.881. The van der Waals surface area contributed by atoms with Gasteiger partial charge in [0.1, 0.15) is 5.82 Å². The van der Waals surface area contributed by atoms with Gasteiger partial charge >= 0.3 is 6.18 Å². The van der Waals surface area contributed by atoms with Gasteiger partial charge in [0, 0.05) is 25.7 Å². The van der Waals surface area contributed by atoms with Crippen LogP contribution in [0.3, 0.4) is 0 Å². The molecule has 0 fully saturated rings. The SMILES string of the molecule is CC(N)CN1CCn2c(nnc2C(F)(F)F)C1.Cl. The molecule has 1 aromatic rings. The number of aromatic nitrogens is 3. The average Bonchev–Trinajstić information content (AvgIpc) is 2.58. The van der Waals surface area contributed by atoms with Crippen molar-refractivity contribution in [2.75, 3.05) is 13.1 Å². The Morgan fingerprint density at radius 3 is 2.56 bits per heavy atom.